The van der Waals surface area contributed by atoms with Crippen LogP contribution in [0.5, 0.6) is 0 Å². The number of guanidine groups is 1. The molecular weight excluding hydrogens is 399 g/mol. The second-order valence-corrected chi connectivity index (χ2v) is 8.80. The van der Waals surface area contributed by atoms with Crippen LogP contribution in [0.2, 0.25) is 0 Å². The van der Waals surface area contributed by atoms with E-state index >= 15 is 0 Å². The van der Waals surface area contributed by atoms with Gasteiger partial charge in [-0.15, -0.1) is 0 Å². The van der Waals surface area contributed by atoms with Crippen LogP contribution in [0.4, 0.5) is 15.9 Å². The highest BCUT2D eigenvalue weighted by Gasteiger charge is 2.25. The van der Waals surface area contributed by atoms with Gasteiger partial charge >= 0.3 is 0 Å². The number of anilines is 2. The van der Waals surface area contributed by atoms with Crippen molar-refractivity contribution in [2.24, 2.45) is 4.99 Å². The van der Waals surface area contributed by atoms with E-state index < -0.39 is 0 Å². The topological polar surface area (TPSA) is 55.8 Å². The van der Waals surface area contributed by atoms with E-state index in [-0.39, 0.29) is 11.9 Å². The lowest BCUT2D eigenvalue weighted by Crippen LogP contribution is -2.44. The molecule has 2 saturated heterocycles. The van der Waals surface area contributed by atoms with E-state index in [1.807, 2.05) is 16.7 Å². The molecule has 3 heterocycles. The summed E-state index contributed by atoms with van der Waals surface area (Å²) in [6.45, 7) is 4.44. The lowest BCUT2D eigenvalue weighted by Gasteiger charge is -2.28. The Kier molecular flexibility index (Phi) is 6.94. The lowest BCUT2D eigenvalue weighted by atomic mass is 10.2. The SMILES string of the molecule is CN=C(NCc1ccc(N2CCSCC2)cc1)NC1CCN(c2ncccc2F)C1. The monoisotopic (exact) mass is 428 g/mol. The molecule has 1 unspecified atom stereocenters. The average Bonchev–Trinajstić information content (AvgIpc) is 3.26. The van der Waals surface area contributed by atoms with Crippen LogP contribution in [-0.2, 0) is 6.54 Å². The van der Waals surface area contributed by atoms with Crippen LogP contribution >= 0.6 is 11.8 Å². The van der Waals surface area contributed by atoms with Crippen molar-refractivity contribution in [1.29, 1.82) is 0 Å². The van der Waals surface area contributed by atoms with Gasteiger partial charge in [0.2, 0.25) is 0 Å². The Hall–Kier alpha value is -2.48. The second-order valence-electron chi connectivity index (χ2n) is 7.58. The largest absolute Gasteiger partial charge is 0.370 e. The molecule has 160 valence electrons. The summed E-state index contributed by atoms with van der Waals surface area (Å²) in [5.41, 5.74) is 2.52. The van der Waals surface area contributed by atoms with Gasteiger partial charge in [-0.05, 0) is 36.2 Å². The zero-order valence-electron chi connectivity index (χ0n) is 17.4. The van der Waals surface area contributed by atoms with E-state index in [1.165, 1.54) is 28.8 Å². The van der Waals surface area contributed by atoms with E-state index in [4.69, 9.17) is 0 Å². The number of nitrogens with one attached hydrogen (secondary N) is 2. The zero-order valence-corrected chi connectivity index (χ0v) is 18.2. The van der Waals surface area contributed by atoms with E-state index in [9.17, 15) is 4.39 Å². The fraction of sp³-hybridized carbons (Fsp3) is 0.455. The van der Waals surface area contributed by atoms with Gasteiger partial charge in [-0.2, -0.15) is 11.8 Å². The van der Waals surface area contributed by atoms with Gasteiger partial charge in [-0.25, -0.2) is 9.37 Å². The fourth-order valence-electron chi connectivity index (χ4n) is 3.90. The minimum atomic E-state index is -0.271. The predicted molar refractivity (Wildman–Crippen MR) is 124 cm³/mol. The number of halogens is 1. The third kappa shape index (κ3) is 5.16. The third-order valence-corrected chi connectivity index (χ3v) is 6.51. The number of hydrogen-bond donors (Lipinski definition) is 2. The molecule has 30 heavy (non-hydrogen) atoms. The van der Waals surface area contributed by atoms with Crippen LogP contribution in [0, 0.1) is 5.82 Å². The Bertz CT molecular complexity index is 853. The van der Waals surface area contributed by atoms with Crippen LogP contribution in [-0.4, -0.2) is 61.7 Å². The number of aliphatic imine (C=N–C) groups is 1. The number of hydrogen-bond acceptors (Lipinski definition) is 5. The predicted octanol–water partition coefficient (Wildman–Crippen LogP) is 2.72. The number of rotatable bonds is 5. The van der Waals surface area contributed by atoms with Crippen LogP contribution in [0.15, 0.2) is 47.6 Å². The Morgan fingerprint density at radius 2 is 1.97 bits per heavy atom. The van der Waals surface area contributed by atoms with Crippen LogP contribution in [0.1, 0.15) is 12.0 Å². The number of nitrogens with zero attached hydrogens (tertiary/aromatic N) is 4. The highest BCUT2D eigenvalue weighted by molar-refractivity contribution is 7.99. The van der Waals surface area contributed by atoms with Gasteiger partial charge < -0.3 is 20.4 Å². The summed E-state index contributed by atoms with van der Waals surface area (Å²) in [4.78, 5) is 13.0. The molecule has 4 rings (SSSR count). The van der Waals surface area contributed by atoms with Gasteiger partial charge in [-0.1, -0.05) is 12.1 Å². The molecule has 1 aromatic carbocycles. The van der Waals surface area contributed by atoms with Crippen LogP contribution in [0.3, 0.4) is 0 Å². The van der Waals surface area contributed by atoms with Crippen LogP contribution < -0.4 is 20.4 Å². The Balaban J connectivity index is 1.27. The van der Waals surface area contributed by atoms with E-state index in [2.05, 4.69) is 49.8 Å². The first-order valence-corrected chi connectivity index (χ1v) is 11.6. The molecule has 0 radical (unpaired) electrons. The quantitative estimate of drug-likeness (QED) is 0.564. The fourth-order valence-corrected chi connectivity index (χ4v) is 4.80. The highest BCUT2D eigenvalue weighted by atomic mass is 32.2. The van der Waals surface area contributed by atoms with Gasteiger partial charge in [0.05, 0.1) is 0 Å². The molecule has 0 spiro atoms. The molecule has 6 nitrogen and oxygen atoms in total. The van der Waals surface area contributed by atoms with Crippen molar-refractivity contribution < 1.29 is 4.39 Å². The molecular formula is C22H29FN6S. The number of pyridine rings is 1. The molecule has 2 aromatic rings. The molecule has 0 bridgehead atoms. The van der Waals surface area contributed by atoms with Crippen molar-refractivity contribution in [3.8, 4) is 0 Å². The minimum absolute atomic E-state index is 0.206. The maximum Gasteiger partial charge on any atom is 0.191 e. The van der Waals surface area contributed by atoms with E-state index in [1.54, 1.807) is 19.3 Å². The van der Waals surface area contributed by atoms with Gasteiger partial charge in [0.1, 0.15) is 0 Å². The number of aromatic nitrogens is 1. The highest BCUT2D eigenvalue weighted by Crippen LogP contribution is 2.21. The Morgan fingerprint density at radius 3 is 2.70 bits per heavy atom. The van der Waals surface area contributed by atoms with Gasteiger partial charge in [-0.3, -0.25) is 4.99 Å². The molecule has 0 aliphatic carbocycles. The van der Waals surface area contributed by atoms with E-state index in [0.29, 0.717) is 18.9 Å². The van der Waals surface area contributed by atoms with Crippen molar-refractivity contribution in [2.45, 2.75) is 19.0 Å². The molecule has 2 N–H and O–H groups in total. The maximum atomic E-state index is 14.0. The van der Waals surface area contributed by atoms with Crippen molar-refractivity contribution >= 4 is 29.2 Å². The van der Waals surface area contributed by atoms with Gasteiger partial charge in [0.15, 0.2) is 17.6 Å². The molecule has 0 amide bonds. The standard InChI is InChI=1S/C22H29FN6S/c1-24-22(27-18-8-10-29(16-18)21-20(23)3-2-9-25-21)26-15-17-4-6-19(7-5-17)28-11-13-30-14-12-28/h2-7,9,18H,8,10-16H2,1H3,(H2,24,26,27). The number of benzene rings is 1. The Morgan fingerprint density at radius 1 is 1.17 bits per heavy atom. The Labute approximate surface area is 182 Å². The van der Waals surface area contributed by atoms with Crippen molar-refractivity contribution in [3.63, 3.8) is 0 Å². The summed E-state index contributed by atoms with van der Waals surface area (Å²) in [5.74, 6) is 3.33. The average molecular weight is 429 g/mol. The molecule has 2 aliphatic rings. The maximum absolute atomic E-state index is 14.0. The first-order valence-electron chi connectivity index (χ1n) is 10.5. The van der Waals surface area contributed by atoms with Crippen molar-refractivity contribution in [1.82, 2.24) is 15.6 Å². The zero-order chi connectivity index (χ0) is 20.8. The molecule has 8 heteroatoms. The normalized spacial score (nSPS) is 19.8. The second kappa shape index (κ2) is 10.0. The minimum Gasteiger partial charge on any atom is -0.370 e. The smallest absolute Gasteiger partial charge is 0.191 e. The lowest BCUT2D eigenvalue weighted by molar-refractivity contribution is 0.612. The molecule has 2 fully saturated rings. The van der Waals surface area contributed by atoms with Crippen molar-refractivity contribution in [2.75, 3.05) is 54.5 Å². The van der Waals surface area contributed by atoms with Crippen molar-refractivity contribution in [3.05, 3.63) is 54.0 Å². The first kappa shape index (κ1) is 20.8. The number of thioether (sulfide) groups is 1. The first-order chi connectivity index (χ1) is 14.7. The molecule has 1 atom stereocenters. The molecule has 2 aliphatic heterocycles. The summed E-state index contributed by atoms with van der Waals surface area (Å²) >= 11 is 2.03. The summed E-state index contributed by atoms with van der Waals surface area (Å²) in [6, 6.07) is 12.1. The third-order valence-electron chi connectivity index (χ3n) is 5.56. The summed E-state index contributed by atoms with van der Waals surface area (Å²) in [6.07, 6.45) is 2.55. The van der Waals surface area contributed by atoms with Gasteiger partial charge in [0.25, 0.3) is 0 Å². The summed E-state index contributed by atoms with van der Waals surface area (Å²) in [5, 5.41) is 6.85. The van der Waals surface area contributed by atoms with E-state index in [0.717, 1.165) is 32.0 Å². The molecule has 0 saturated carbocycles. The summed E-state index contributed by atoms with van der Waals surface area (Å²) in [7, 11) is 1.78. The van der Waals surface area contributed by atoms with Gasteiger partial charge in [0, 0.05) is 69.2 Å². The molecule has 1 aromatic heterocycles. The summed E-state index contributed by atoms with van der Waals surface area (Å²) < 4.78 is 14.0. The van der Waals surface area contributed by atoms with Crippen LogP contribution in [0.25, 0.3) is 0 Å².